The van der Waals surface area contributed by atoms with Crippen molar-refractivity contribution in [1.29, 1.82) is 0 Å². The number of likely N-dealkylation sites (tertiary alicyclic amines) is 2. The van der Waals surface area contributed by atoms with Gasteiger partial charge in [0.25, 0.3) is 0 Å². The third-order valence-corrected chi connectivity index (χ3v) is 6.23. The second-order valence-corrected chi connectivity index (χ2v) is 8.57. The number of piperidine rings is 1. The van der Waals surface area contributed by atoms with Crippen LogP contribution in [0.2, 0.25) is 5.02 Å². The van der Waals surface area contributed by atoms with Crippen molar-refractivity contribution in [3.05, 3.63) is 34.9 Å². The Bertz CT molecular complexity index is 653. The average molecular weight is 407 g/mol. The van der Waals surface area contributed by atoms with Crippen LogP contribution in [-0.2, 0) is 4.74 Å². The number of benzene rings is 1. The van der Waals surface area contributed by atoms with Gasteiger partial charge in [-0.05, 0) is 63.4 Å². The van der Waals surface area contributed by atoms with Gasteiger partial charge in [0, 0.05) is 50.3 Å². The summed E-state index contributed by atoms with van der Waals surface area (Å²) in [6.07, 6.45) is 3.61. The Balaban J connectivity index is 1.72. The number of guanidine groups is 1. The second kappa shape index (κ2) is 10.5. The normalized spacial score (nSPS) is 26.6. The van der Waals surface area contributed by atoms with Gasteiger partial charge < -0.3 is 15.0 Å². The van der Waals surface area contributed by atoms with Gasteiger partial charge in [0.15, 0.2) is 5.96 Å². The third kappa shape index (κ3) is 5.40. The molecule has 1 aromatic rings. The molecule has 0 spiro atoms. The number of methoxy groups -OCH3 is 1. The molecule has 0 radical (unpaired) electrons. The molecule has 0 aliphatic carbocycles. The van der Waals surface area contributed by atoms with E-state index in [1.807, 2.05) is 6.07 Å². The highest BCUT2D eigenvalue weighted by molar-refractivity contribution is 6.30. The summed E-state index contributed by atoms with van der Waals surface area (Å²) in [5, 5.41) is 4.32. The van der Waals surface area contributed by atoms with E-state index in [9.17, 15) is 0 Å². The summed E-state index contributed by atoms with van der Waals surface area (Å²) in [6.45, 7) is 7.93. The van der Waals surface area contributed by atoms with E-state index in [0.29, 0.717) is 17.9 Å². The molecule has 0 bridgehead atoms. The predicted octanol–water partition coefficient (Wildman–Crippen LogP) is 3.66. The maximum Gasteiger partial charge on any atom is 0.193 e. The number of halogens is 1. The second-order valence-electron chi connectivity index (χ2n) is 8.13. The van der Waals surface area contributed by atoms with Gasteiger partial charge in [-0.2, -0.15) is 0 Å². The van der Waals surface area contributed by atoms with E-state index in [1.54, 1.807) is 7.11 Å². The first-order valence-corrected chi connectivity index (χ1v) is 11.0. The summed E-state index contributed by atoms with van der Waals surface area (Å²) in [7, 11) is 4.01. The molecule has 1 N–H and O–H groups in total. The number of rotatable bonds is 6. The molecule has 1 aromatic carbocycles. The van der Waals surface area contributed by atoms with Crippen LogP contribution in [0.1, 0.15) is 37.8 Å². The van der Waals surface area contributed by atoms with E-state index in [0.717, 1.165) is 50.3 Å². The Kier molecular flexibility index (Phi) is 8.00. The zero-order valence-electron chi connectivity index (χ0n) is 17.5. The van der Waals surface area contributed by atoms with E-state index in [2.05, 4.69) is 47.3 Å². The van der Waals surface area contributed by atoms with Gasteiger partial charge in [-0.15, -0.1) is 0 Å². The average Bonchev–Trinajstić information content (AvgIpc) is 3.14. The van der Waals surface area contributed by atoms with E-state index in [-0.39, 0.29) is 0 Å². The zero-order valence-corrected chi connectivity index (χ0v) is 18.3. The van der Waals surface area contributed by atoms with Gasteiger partial charge in [0.05, 0.1) is 6.61 Å². The highest BCUT2D eigenvalue weighted by atomic mass is 35.5. The maximum absolute atomic E-state index is 6.28. The maximum atomic E-state index is 6.28. The van der Waals surface area contributed by atoms with Crippen LogP contribution in [0.4, 0.5) is 0 Å². The van der Waals surface area contributed by atoms with Crippen molar-refractivity contribution < 1.29 is 4.74 Å². The van der Waals surface area contributed by atoms with Crippen molar-refractivity contribution >= 4 is 17.6 Å². The first-order valence-electron chi connectivity index (χ1n) is 10.6. The molecule has 2 fully saturated rings. The lowest BCUT2D eigenvalue weighted by molar-refractivity contribution is 0.125. The van der Waals surface area contributed by atoms with Crippen molar-refractivity contribution in [3.8, 4) is 0 Å². The van der Waals surface area contributed by atoms with Gasteiger partial charge >= 0.3 is 0 Å². The minimum absolute atomic E-state index is 0.374. The summed E-state index contributed by atoms with van der Waals surface area (Å²) < 4.78 is 5.35. The van der Waals surface area contributed by atoms with Crippen LogP contribution in [-0.4, -0.2) is 69.2 Å². The number of ether oxygens (including phenoxy) is 1. The lowest BCUT2D eigenvalue weighted by Crippen LogP contribution is -2.42. The fourth-order valence-corrected chi connectivity index (χ4v) is 4.89. The van der Waals surface area contributed by atoms with Crippen molar-refractivity contribution in [2.45, 2.75) is 32.2 Å². The highest BCUT2D eigenvalue weighted by Crippen LogP contribution is 2.36. The Morgan fingerprint density at radius 1 is 1.32 bits per heavy atom. The standard InChI is InChI=1S/C22H35ClN4O/c1-4-24-22(27-12-10-17(15-27)16-28-3)25-14-19-8-6-11-26(2)21(19)18-7-5-9-20(23)13-18/h5,7,9,13,17,19,21H,4,6,8,10-12,14-16H2,1-3H3,(H,24,25). The Morgan fingerprint density at radius 2 is 2.18 bits per heavy atom. The SMILES string of the molecule is CCNC(=NCC1CCCN(C)C1c1cccc(Cl)c1)N1CCC(COC)C1. The van der Waals surface area contributed by atoms with Gasteiger partial charge in [-0.1, -0.05) is 23.7 Å². The predicted molar refractivity (Wildman–Crippen MR) is 117 cm³/mol. The molecular formula is C22H35ClN4O. The lowest BCUT2D eigenvalue weighted by Gasteiger charge is -2.39. The summed E-state index contributed by atoms with van der Waals surface area (Å²) in [6, 6.07) is 8.71. The molecule has 156 valence electrons. The van der Waals surface area contributed by atoms with Crippen molar-refractivity contribution in [1.82, 2.24) is 15.1 Å². The Morgan fingerprint density at radius 3 is 2.93 bits per heavy atom. The zero-order chi connectivity index (χ0) is 19.9. The lowest BCUT2D eigenvalue weighted by atomic mass is 9.85. The molecule has 2 aliphatic rings. The number of nitrogens with zero attached hydrogens (tertiary/aromatic N) is 3. The molecule has 0 saturated carbocycles. The highest BCUT2D eigenvalue weighted by Gasteiger charge is 2.31. The molecule has 3 rings (SSSR count). The number of nitrogens with one attached hydrogen (secondary N) is 1. The minimum atomic E-state index is 0.374. The summed E-state index contributed by atoms with van der Waals surface area (Å²) in [5.74, 6) is 2.16. The van der Waals surface area contributed by atoms with Gasteiger partial charge in [-0.3, -0.25) is 9.89 Å². The molecule has 0 aromatic heterocycles. The van der Waals surface area contributed by atoms with Gasteiger partial charge in [0.1, 0.15) is 0 Å². The summed E-state index contributed by atoms with van der Waals surface area (Å²) in [5.41, 5.74) is 1.31. The third-order valence-electron chi connectivity index (χ3n) is 6.00. The van der Waals surface area contributed by atoms with Crippen molar-refractivity contribution in [3.63, 3.8) is 0 Å². The molecule has 28 heavy (non-hydrogen) atoms. The molecule has 3 unspecified atom stereocenters. The van der Waals surface area contributed by atoms with Gasteiger partial charge in [0.2, 0.25) is 0 Å². The van der Waals surface area contributed by atoms with Crippen LogP contribution >= 0.6 is 11.6 Å². The topological polar surface area (TPSA) is 40.1 Å². The fourth-order valence-electron chi connectivity index (χ4n) is 4.69. The molecular weight excluding hydrogens is 372 g/mol. The largest absolute Gasteiger partial charge is 0.384 e. The molecule has 3 atom stereocenters. The monoisotopic (exact) mass is 406 g/mol. The summed E-state index contributed by atoms with van der Waals surface area (Å²) in [4.78, 5) is 9.94. The van der Waals surface area contributed by atoms with E-state index >= 15 is 0 Å². The summed E-state index contributed by atoms with van der Waals surface area (Å²) >= 11 is 6.28. The van der Waals surface area contributed by atoms with Crippen LogP contribution < -0.4 is 5.32 Å². The van der Waals surface area contributed by atoms with Crippen LogP contribution in [0.25, 0.3) is 0 Å². The van der Waals surface area contributed by atoms with E-state index in [1.165, 1.54) is 24.8 Å². The number of aliphatic imine (C=N–C) groups is 1. The smallest absolute Gasteiger partial charge is 0.193 e. The molecule has 2 aliphatic heterocycles. The number of hydrogen-bond donors (Lipinski definition) is 1. The first-order chi connectivity index (χ1) is 13.6. The molecule has 6 heteroatoms. The van der Waals surface area contributed by atoms with Crippen LogP contribution in [0.5, 0.6) is 0 Å². The van der Waals surface area contributed by atoms with E-state index in [4.69, 9.17) is 21.3 Å². The molecule has 0 amide bonds. The van der Waals surface area contributed by atoms with Gasteiger partial charge in [-0.25, -0.2) is 0 Å². The van der Waals surface area contributed by atoms with Crippen LogP contribution in [0.3, 0.4) is 0 Å². The quantitative estimate of drug-likeness (QED) is 0.578. The molecule has 2 heterocycles. The van der Waals surface area contributed by atoms with Crippen molar-refractivity contribution in [2.75, 3.05) is 53.5 Å². The Hall–Kier alpha value is -1.30. The number of hydrogen-bond acceptors (Lipinski definition) is 3. The van der Waals surface area contributed by atoms with E-state index < -0.39 is 0 Å². The van der Waals surface area contributed by atoms with Crippen LogP contribution in [0, 0.1) is 11.8 Å². The first kappa shape index (κ1) is 21.4. The van der Waals surface area contributed by atoms with Crippen molar-refractivity contribution in [2.24, 2.45) is 16.8 Å². The minimum Gasteiger partial charge on any atom is -0.384 e. The Labute approximate surface area is 175 Å². The fraction of sp³-hybridized carbons (Fsp3) is 0.682. The molecule has 2 saturated heterocycles. The van der Waals surface area contributed by atoms with Crippen LogP contribution in [0.15, 0.2) is 29.3 Å². The molecule has 5 nitrogen and oxygen atoms in total.